The third kappa shape index (κ3) is 1.97. The maximum absolute atomic E-state index is 9.87. The fourth-order valence-corrected chi connectivity index (χ4v) is 1.43. The van der Waals surface area contributed by atoms with Crippen molar-refractivity contribution in [3.05, 3.63) is 35.9 Å². The van der Waals surface area contributed by atoms with Gasteiger partial charge < -0.3 is 5.11 Å². The lowest BCUT2D eigenvalue weighted by molar-refractivity contribution is 0.102. The Kier molecular flexibility index (Phi) is 3.28. The standard InChI is InChI=1S/C9H6Cl3NO/c10-9(11,12)8(14,6-13)7-4-2-1-3-5-7/h1-5,14H. The van der Waals surface area contributed by atoms with E-state index in [1.807, 2.05) is 0 Å². The van der Waals surface area contributed by atoms with Gasteiger partial charge in [0.05, 0.1) is 0 Å². The van der Waals surface area contributed by atoms with E-state index in [-0.39, 0.29) is 5.56 Å². The first kappa shape index (κ1) is 11.6. The fourth-order valence-electron chi connectivity index (χ4n) is 0.971. The molecule has 1 aromatic rings. The highest BCUT2D eigenvalue weighted by molar-refractivity contribution is 6.68. The Morgan fingerprint density at radius 1 is 1.14 bits per heavy atom. The van der Waals surface area contributed by atoms with Gasteiger partial charge in [-0.2, -0.15) is 5.26 Å². The second-order valence-electron chi connectivity index (χ2n) is 2.69. The van der Waals surface area contributed by atoms with Crippen LogP contribution in [0.4, 0.5) is 0 Å². The van der Waals surface area contributed by atoms with Crippen molar-refractivity contribution in [3.63, 3.8) is 0 Å². The van der Waals surface area contributed by atoms with Crippen LogP contribution in [0.25, 0.3) is 0 Å². The van der Waals surface area contributed by atoms with Crippen molar-refractivity contribution in [2.75, 3.05) is 0 Å². The van der Waals surface area contributed by atoms with E-state index in [1.54, 1.807) is 24.3 Å². The average Bonchev–Trinajstić information content (AvgIpc) is 2.16. The van der Waals surface area contributed by atoms with Gasteiger partial charge in [0, 0.05) is 5.56 Å². The van der Waals surface area contributed by atoms with E-state index in [0.717, 1.165) is 0 Å². The molecule has 74 valence electrons. The molecule has 0 aliphatic rings. The number of rotatable bonds is 1. The average molecular weight is 251 g/mol. The minimum absolute atomic E-state index is 0.252. The SMILES string of the molecule is N#CC(O)(c1ccccc1)C(Cl)(Cl)Cl. The topological polar surface area (TPSA) is 44.0 Å². The summed E-state index contributed by atoms with van der Waals surface area (Å²) in [5.74, 6) is 0. The summed E-state index contributed by atoms with van der Waals surface area (Å²) in [4.78, 5) is 0. The smallest absolute Gasteiger partial charge is 0.236 e. The molecule has 1 atom stereocenters. The van der Waals surface area contributed by atoms with Crippen LogP contribution in [0.1, 0.15) is 5.56 Å². The molecule has 0 aliphatic heterocycles. The number of aliphatic hydroxyl groups is 1. The van der Waals surface area contributed by atoms with E-state index in [2.05, 4.69) is 0 Å². The Labute approximate surface area is 96.6 Å². The molecule has 2 nitrogen and oxygen atoms in total. The molecule has 0 spiro atoms. The molecule has 5 heteroatoms. The third-order valence-corrected chi connectivity index (χ3v) is 2.58. The summed E-state index contributed by atoms with van der Waals surface area (Å²) < 4.78 is -2.08. The first-order valence-corrected chi connectivity index (χ1v) is 4.81. The maximum atomic E-state index is 9.87. The molecule has 0 bridgehead atoms. The number of halogens is 3. The van der Waals surface area contributed by atoms with E-state index >= 15 is 0 Å². The Morgan fingerprint density at radius 2 is 1.64 bits per heavy atom. The maximum Gasteiger partial charge on any atom is 0.236 e. The van der Waals surface area contributed by atoms with Crippen LogP contribution in [-0.2, 0) is 5.60 Å². The molecule has 1 unspecified atom stereocenters. The fraction of sp³-hybridized carbons (Fsp3) is 0.222. The molecule has 14 heavy (non-hydrogen) atoms. The van der Waals surface area contributed by atoms with Crippen molar-refractivity contribution in [1.29, 1.82) is 5.26 Å². The van der Waals surface area contributed by atoms with E-state index in [4.69, 9.17) is 40.1 Å². The number of nitriles is 1. The van der Waals surface area contributed by atoms with Crippen LogP contribution < -0.4 is 0 Å². The Hall–Kier alpha value is -0.460. The van der Waals surface area contributed by atoms with E-state index < -0.39 is 9.39 Å². The van der Waals surface area contributed by atoms with Gasteiger partial charge in [-0.3, -0.25) is 0 Å². The molecule has 0 radical (unpaired) electrons. The second-order valence-corrected chi connectivity index (χ2v) is 4.97. The third-order valence-electron chi connectivity index (χ3n) is 1.76. The minimum atomic E-state index is -2.13. The lowest BCUT2D eigenvalue weighted by Gasteiger charge is -2.27. The van der Waals surface area contributed by atoms with Crippen molar-refractivity contribution in [1.82, 2.24) is 0 Å². The summed E-state index contributed by atoms with van der Waals surface area (Å²) in [7, 11) is 0. The number of nitrogens with zero attached hydrogens (tertiary/aromatic N) is 1. The van der Waals surface area contributed by atoms with Crippen molar-refractivity contribution in [3.8, 4) is 6.07 Å². The summed E-state index contributed by atoms with van der Waals surface area (Å²) in [6.07, 6.45) is 0. The van der Waals surface area contributed by atoms with Crippen molar-refractivity contribution in [2.24, 2.45) is 0 Å². The summed E-state index contributed by atoms with van der Waals surface area (Å²) in [6, 6.07) is 9.66. The molecule has 1 aromatic carbocycles. The summed E-state index contributed by atoms with van der Waals surface area (Å²) in [6.45, 7) is 0. The van der Waals surface area contributed by atoms with Crippen LogP contribution in [0, 0.1) is 11.3 Å². The van der Waals surface area contributed by atoms with Crippen LogP contribution in [0.2, 0.25) is 0 Å². The summed E-state index contributed by atoms with van der Waals surface area (Å²) in [5, 5.41) is 18.7. The van der Waals surface area contributed by atoms with Crippen LogP contribution in [0.3, 0.4) is 0 Å². The number of alkyl halides is 3. The van der Waals surface area contributed by atoms with Crippen molar-refractivity contribution in [2.45, 2.75) is 9.39 Å². The highest BCUT2D eigenvalue weighted by Crippen LogP contribution is 2.44. The molecule has 0 aromatic heterocycles. The molecule has 0 fully saturated rings. The first-order valence-electron chi connectivity index (χ1n) is 3.67. The normalized spacial score (nSPS) is 15.6. The molecule has 0 saturated carbocycles. The monoisotopic (exact) mass is 249 g/mol. The molecular weight excluding hydrogens is 244 g/mol. The molecule has 1 N–H and O–H groups in total. The van der Waals surface area contributed by atoms with Gasteiger partial charge in [0.25, 0.3) is 0 Å². The molecule has 1 rings (SSSR count). The lowest BCUT2D eigenvalue weighted by Crippen LogP contribution is -2.38. The quantitative estimate of drug-likeness (QED) is 0.615. The van der Waals surface area contributed by atoms with Gasteiger partial charge in [0.1, 0.15) is 6.07 Å². The zero-order valence-corrected chi connectivity index (χ0v) is 9.18. The van der Waals surface area contributed by atoms with E-state index in [0.29, 0.717) is 0 Å². The molecule has 0 amide bonds. The molecule has 0 saturated heterocycles. The van der Waals surface area contributed by atoms with Gasteiger partial charge in [0.2, 0.25) is 9.39 Å². The number of hydrogen-bond acceptors (Lipinski definition) is 2. The Morgan fingerprint density at radius 3 is 2.00 bits per heavy atom. The van der Waals surface area contributed by atoms with Crippen molar-refractivity contribution < 1.29 is 5.11 Å². The van der Waals surface area contributed by atoms with E-state index in [1.165, 1.54) is 12.1 Å². The van der Waals surface area contributed by atoms with E-state index in [9.17, 15) is 5.11 Å². The minimum Gasteiger partial charge on any atom is -0.368 e. The second kappa shape index (κ2) is 3.96. The van der Waals surface area contributed by atoms with Gasteiger partial charge in [-0.1, -0.05) is 65.1 Å². The van der Waals surface area contributed by atoms with Crippen LogP contribution in [0.15, 0.2) is 30.3 Å². The summed E-state index contributed by atoms with van der Waals surface area (Å²) >= 11 is 16.6. The highest BCUT2D eigenvalue weighted by atomic mass is 35.6. The zero-order chi connectivity index (χ0) is 10.8. The first-order chi connectivity index (χ1) is 6.42. The van der Waals surface area contributed by atoms with Gasteiger partial charge in [-0.05, 0) is 0 Å². The molecule has 0 aliphatic carbocycles. The largest absolute Gasteiger partial charge is 0.368 e. The summed E-state index contributed by atoms with van der Waals surface area (Å²) in [5.41, 5.74) is -1.87. The van der Waals surface area contributed by atoms with Gasteiger partial charge in [-0.15, -0.1) is 0 Å². The number of benzene rings is 1. The molecule has 0 heterocycles. The van der Waals surface area contributed by atoms with Gasteiger partial charge >= 0.3 is 0 Å². The Bertz CT molecular complexity index is 355. The predicted octanol–water partition coefficient (Wildman–Crippen LogP) is 2.77. The van der Waals surface area contributed by atoms with Crippen LogP contribution in [0.5, 0.6) is 0 Å². The predicted molar refractivity (Wildman–Crippen MR) is 56.2 cm³/mol. The van der Waals surface area contributed by atoms with Gasteiger partial charge in [0.15, 0.2) is 0 Å². The number of hydrogen-bond donors (Lipinski definition) is 1. The van der Waals surface area contributed by atoms with Crippen LogP contribution in [-0.4, -0.2) is 8.90 Å². The highest BCUT2D eigenvalue weighted by Gasteiger charge is 2.49. The van der Waals surface area contributed by atoms with Crippen LogP contribution >= 0.6 is 34.8 Å². The van der Waals surface area contributed by atoms with Crippen molar-refractivity contribution >= 4 is 34.8 Å². The Balaban J connectivity index is 3.25. The lowest BCUT2D eigenvalue weighted by atomic mass is 9.97. The zero-order valence-electron chi connectivity index (χ0n) is 6.92. The van der Waals surface area contributed by atoms with Gasteiger partial charge in [-0.25, -0.2) is 0 Å². The molecular formula is C9H6Cl3NO.